The van der Waals surface area contributed by atoms with Gasteiger partial charge in [-0.25, -0.2) is 0 Å². The molecule has 0 radical (unpaired) electrons. The Kier molecular flexibility index (Phi) is 3.03. The number of fused-ring (bicyclic) bond motifs is 1. The Bertz CT molecular complexity index is 752. The van der Waals surface area contributed by atoms with Crippen molar-refractivity contribution in [3.8, 4) is 0 Å². The SMILES string of the molecule is Cc1ccc2[nH]c(=S)n(C(C)Cc3ccco3)c2c1. The Morgan fingerprint density at radius 3 is 2.95 bits per heavy atom. The molecule has 0 saturated carbocycles. The molecule has 1 unspecified atom stereocenters. The first-order valence-electron chi connectivity index (χ1n) is 6.38. The number of imidazole rings is 1. The Morgan fingerprint density at radius 2 is 2.21 bits per heavy atom. The van der Waals surface area contributed by atoms with E-state index in [1.165, 1.54) is 5.56 Å². The molecule has 19 heavy (non-hydrogen) atoms. The second kappa shape index (κ2) is 4.70. The van der Waals surface area contributed by atoms with Crippen molar-refractivity contribution in [2.45, 2.75) is 26.3 Å². The third kappa shape index (κ3) is 2.24. The number of aryl methyl sites for hydroxylation is 1. The summed E-state index contributed by atoms with van der Waals surface area (Å²) in [6.07, 6.45) is 2.54. The van der Waals surface area contributed by atoms with Crippen molar-refractivity contribution < 1.29 is 4.42 Å². The summed E-state index contributed by atoms with van der Waals surface area (Å²) in [6.45, 7) is 4.25. The molecule has 2 heterocycles. The van der Waals surface area contributed by atoms with Crippen LogP contribution in [0.4, 0.5) is 0 Å². The highest BCUT2D eigenvalue weighted by atomic mass is 32.1. The van der Waals surface area contributed by atoms with Crippen LogP contribution in [0.25, 0.3) is 11.0 Å². The number of aromatic nitrogens is 2. The van der Waals surface area contributed by atoms with Gasteiger partial charge in [-0.3, -0.25) is 0 Å². The van der Waals surface area contributed by atoms with E-state index in [1.54, 1.807) is 6.26 Å². The molecule has 0 amide bonds. The number of nitrogens with one attached hydrogen (secondary N) is 1. The Balaban J connectivity index is 2.06. The normalized spacial score (nSPS) is 12.9. The number of hydrogen-bond donors (Lipinski definition) is 1. The van der Waals surface area contributed by atoms with Gasteiger partial charge in [-0.1, -0.05) is 6.07 Å². The van der Waals surface area contributed by atoms with E-state index in [4.69, 9.17) is 16.6 Å². The lowest BCUT2D eigenvalue weighted by molar-refractivity contribution is 0.452. The molecule has 0 aliphatic heterocycles. The summed E-state index contributed by atoms with van der Waals surface area (Å²) in [6, 6.07) is 10.5. The zero-order valence-electron chi connectivity index (χ0n) is 11.0. The summed E-state index contributed by atoms with van der Waals surface area (Å²) in [7, 11) is 0. The highest BCUT2D eigenvalue weighted by Crippen LogP contribution is 2.23. The molecule has 1 aromatic carbocycles. The van der Waals surface area contributed by atoms with Crippen LogP contribution in [0.3, 0.4) is 0 Å². The molecule has 2 aromatic heterocycles. The summed E-state index contributed by atoms with van der Waals surface area (Å²) in [5, 5.41) is 0. The quantitative estimate of drug-likeness (QED) is 0.717. The third-order valence-corrected chi connectivity index (χ3v) is 3.69. The second-order valence-corrected chi connectivity index (χ2v) is 5.34. The lowest BCUT2D eigenvalue weighted by Crippen LogP contribution is -2.08. The molecule has 3 nitrogen and oxygen atoms in total. The molecule has 3 rings (SSSR count). The average molecular weight is 272 g/mol. The molecule has 4 heteroatoms. The van der Waals surface area contributed by atoms with Gasteiger partial charge in [0.25, 0.3) is 0 Å². The number of benzene rings is 1. The van der Waals surface area contributed by atoms with Gasteiger partial charge in [0.1, 0.15) is 5.76 Å². The molecule has 3 aromatic rings. The van der Waals surface area contributed by atoms with Crippen molar-refractivity contribution in [2.75, 3.05) is 0 Å². The fourth-order valence-corrected chi connectivity index (χ4v) is 2.87. The minimum absolute atomic E-state index is 0.259. The number of hydrogen-bond acceptors (Lipinski definition) is 2. The summed E-state index contributed by atoms with van der Waals surface area (Å²) < 4.78 is 8.35. The van der Waals surface area contributed by atoms with Crippen LogP contribution in [0.2, 0.25) is 0 Å². The molecular weight excluding hydrogens is 256 g/mol. The standard InChI is InChI=1S/C15H16N2OS/c1-10-5-6-13-14(8-10)17(15(19)16-13)11(2)9-12-4-3-7-18-12/h3-8,11H,9H2,1-2H3,(H,16,19). The summed E-state index contributed by atoms with van der Waals surface area (Å²) in [5.74, 6) is 0.983. The van der Waals surface area contributed by atoms with Crippen LogP contribution in [0.15, 0.2) is 41.0 Å². The van der Waals surface area contributed by atoms with Gasteiger partial charge < -0.3 is 14.0 Å². The molecule has 0 aliphatic carbocycles. The highest BCUT2D eigenvalue weighted by Gasteiger charge is 2.13. The zero-order valence-corrected chi connectivity index (χ0v) is 11.8. The maximum absolute atomic E-state index is 5.44. The van der Waals surface area contributed by atoms with Crippen molar-refractivity contribution in [1.82, 2.24) is 9.55 Å². The van der Waals surface area contributed by atoms with Gasteiger partial charge in [0.05, 0.1) is 17.3 Å². The van der Waals surface area contributed by atoms with Crippen LogP contribution in [0, 0.1) is 11.7 Å². The Morgan fingerprint density at radius 1 is 1.37 bits per heavy atom. The molecule has 0 saturated heterocycles. The second-order valence-electron chi connectivity index (χ2n) is 4.95. The lowest BCUT2D eigenvalue weighted by Gasteiger charge is -2.13. The van der Waals surface area contributed by atoms with Gasteiger partial charge in [0, 0.05) is 12.5 Å². The van der Waals surface area contributed by atoms with Crippen LogP contribution in [-0.4, -0.2) is 9.55 Å². The largest absolute Gasteiger partial charge is 0.469 e. The average Bonchev–Trinajstić information content (AvgIpc) is 2.95. The van der Waals surface area contributed by atoms with Crippen LogP contribution in [-0.2, 0) is 6.42 Å². The minimum Gasteiger partial charge on any atom is -0.469 e. The molecule has 98 valence electrons. The van der Waals surface area contributed by atoms with Crippen molar-refractivity contribution in [2.24, 2.45) is 0 Å². The minimum atomic E-state index is 0.259. The van der Waals surface area contributed by atoms with E-state index in [1.807, 2.05) is 12.1 Å². The lowest BCUT2D eigenvalue weighted by atomic mass is 10.1. The topological polar surface area (TPSA) is 33.9 Å². The number of H-pyrrole nitrogens is 1. The van der Waals surface area contributed by atoms with E-state index in [9.17, 15) is 0 Å². The Labute approximate surface area is 116 Å². The van der Waals surface area contributed by atoms with Crippen molar-refractivity contribution in [1.29, 1.82) is 0 Å². The third-order valence-electron chi connectivity index (χ3n) is 3.39. The van der Waals surface area contributed by atoms with Crippen LogP contribution in [0.1, 0.15) is 24.3 Å². The van der Waals surface area contributed by atoms with Crippen molar-refractivity contribution >= 4 is 23.3 Å². The summed E-state index contributed by atoms with van der Waals surface area (Å²) in [5.41, 5.74) is 3.48. The van der Waals surface area contributed by atoms with E-state index in [-0.39, 0.29) is 6.04 Å². The molecule has 0 spiro atoms. The van der Waals surface area contributed by atoms with E-state index in [0.29, 0.717) is 0 Å². The molecule has 0 aliphatic rings. The van der Waals surface area contributed by atoms with Crippen LogP contribution < -0.4 is 0 Å². The van der Waals surface area contributed by atoms with E-state index in [0.717, 1.165) is 28.0 Å². The first kappa shape index (κ1) is 12.2. The van der Waals surface area contributed by atoms with Gasteiger partial charge in [0.2, 0.25) is 0 Å². The smallest absolute Gasteiger partial charge is 0.178 e. The highest BCUT2D eigenvalue weighted by molar-refractivity contribution is 7.71. The Hall–Kier alpha value is -1.81. The van der Waals surface area contributed by atoms with Gasteiger partial charge in [-0.2, -0.15) is 0 Å². The number of furan rings is 1. The predicted molar refractivity (Wildman–Crippen MR) is 79.0 cm³/mol. The maximum atomic E-state index is 5.44. The van der Waals surface area contributed by atoms with Crippen LogP contribution in [0.5, 0.6) is 0 Å². The van der Waals surface area contributed by atoms with Gasteiger partial charge in [-0.05, 0) is 55.9 Å². The summed E-state index contributed by atoms with van der Waals surface area (Å²) in [4.78, 5) is 3.26. The maximum Gasteiger partial charge on any atom is 0.178 e. The van der Waals surface area contributed by atoms with Crippen molar-refractivity contribution in [3.05, 3.63) is 52.7 Å². The first-order chi connectivity index (χ1) is 9.15. The van der Waals surface area contributed by atoms with Gasteiger partial charge >= 0.3 is 0 Å². The van der Waals surface area contributed by atoms with E-state index >= 15 is 0 Å². The van der Waals surface area contributed by atoms with Gasteiger partial charge in [-0.15, -0.1) is 0 Å². The predicted octanol–water partition coefficient (Wildman–Crippen LogP) is 4.40. The molecule has 0 fully saturated rings. The number of nitrogens with zero attached hydrogens (tertiary/aromatic N) is 1. The zero-order chi connectivity index (χ0) is 13.4. The molecule has 1 atom stereocenters. The number of aromatic amines is 1. The van der Waals surface area contributed by atoms with Crippen molar-refractivity contribution in [3.63, 3.8) is 0 Å². The molecule has 0 bridgehead atoms. The number of rotatable bonds is 3. The van der Waals surface area contributed by atoms with Gasteiger partial charge in [0.15, 0.2) is 4.77 Å². The van der Waals surface area contributed by atoms with Crippen LogP contribution >= 0.6 is 12.2 Å². The first-order valence-corrected chi connectivity index (χ1v) is 6.79. The molecular formula is C15H16N2OS. The van der Waals surface area contributed by atoms with E-state index < -0.39 is 0 Å². The monoisotopic (exact) mass is 272 g/mol. The fourth-order valence-electron chi connectivity index (χ4n) is 2.48. The van der Waals surface area contributed by atoms with E-state index in [2.05, 4.69) is 41.6 Å². The fraction of sp³-hybridized carbons (Fsp3) is 0.267. The molecule has 1 N–H and O–H groups in total. The summed E-state index contributed by atoms with van der Waals surface area (Å²) >= 11 is 5.44.